The van der Waals surface area contributed by atoms with Gasteiger partial charge in [0.2, 0.25) is 0 Å². The van der Waals surface area contributed by atoms with E-state index < -0.39 is 23.8 Å². The zero-order valence-electron chi connectivity index (χ0n) is 23.8. The van der Waals surface area contributed by atoms with Crippen LogP contribution in [0.1, 0.15) is 54.3 Å². The number of piperazine rings is 1. The first-order chi connectivity index (χ1) is 19.0. The van der Waals surface area contributed by atoms with Crippen molar-refractivity contribution >= 4 is 11.6 Å². The fourth-order valence-electron chi connectivity index (χ4n) is 6.41. The van der Waals surface area contributed by atoms with E-state index in [0.29, 0.717) is 37.3 Å². The Labute approximate surface area is 232 Å². The SMILES string of the molecule is CNc1cc(C)c(C(F)(F)F)c(C2Cc3nc(OC[C@@H]4C[C@@H](F)CN4C)nc(N4CCNC[C@@H]4C)c3CC2C)n1. The Morgan fingerprint density at radius 2 is 1.95 bits per heavy atom. The molecule has 0 saturated carbocycles. The second-order valence-electron chi connectivity index (χ2n) is 11.6. The second kappa shape index (κ2) is 11.3. The smallest absolute Gasteiger partial charge is 0.418 e. The minimum absolute atomic E-state index is 0.0507. The maximum absolute atomic E-state index is 14.3. The number of anilines is 2. The number of hydrogen-bond donors (Lipinski definition) is 2. The van der Waals surface area contributed by atoms with Gasteiger partial charge in [-0.15, -0.1) is 0 Å². The van der Waals surface area contributed by atoms with Crippen LogP contribution in [0.15, 0.2) is 6.07 Å². The number of nitrogens with zero attached hydrogens (tertiary/aromatic N) is 5. The van der Waals surface area contributed by atoms with Gasteiger partial charge < -0.3 is 20.3 Å². The molecule has 12 heteroatoms. The Morgan fingerprint density at radius 3 is 2.60 bits per heavy atom. The fourth-order valence-corrected chi connectivity index (χ4v) is 6.41. The highest BCUT2D eigenvalue weighted by Crippen LogP contribution is 2.45. The average molecular weight is 566 g/mol. The Morgan fingerprint density at radius 1 is 1.18 bits per heavy atom. The van der Waals surface area contributed by atoms with Crippen molar-refractivity contribution in [3.63, 3.8) is 0 Å². The molecule has 3 aliphatic rings. The summed E-state index contributed by atoms with van der Waals surface area (Å²) in [6.07, 6.45) is -4.21. The van der Waals surface area contributed by atoms with Gasteiger partial charge in [-0.1, -0.05) is 6.92 Å². The van der Waals surface area contributed by atoms with Crippen LogP contribution in [0.25, 0.3) is 0 Å². The molecular formula is C28H39F4N7O. The lowest BCUT2D eigenvalue weighted by atomic mass is 9.75. The average Bonchev–Trinajstić information content (AvgIpc) is 3.22. The van der Waals surface area contributed by atoms with Crippen LogP contribution in [0, 0.1) is 12.8 Å². The highest BCUT2D eigenvalue weighted by Gasteiger charge is 2.42. The molecule has 0 bridgehead atoms. The summed E-state index contributed by atoms with van der Waals surface area (Å²) in [5, 5.41) is 6.30. The number of aryl methyl sites for hydroxylation is 1. The van der Waals surface area contributed by atoms with Crippen molar-refractivity contribution in [1.29, 1.82) is 0 Å². The number of halogens is 4. The number of likely N-dealkylation sites (tertiary alicyclic amines) is 1. The van der Waals surface area contributed by atoms with Gasteiger partial charge in [-0.05, 0) is 57.7 Å². The predicted octanol–water partition coefficient (Wildman–Crippen LogP) is 3.98. The summed E-state index contributed by atoms with van der Waals surface area (Å²) in [7, 11) is 3.52. The molecule has 40 heavy (non-hydrogen) atoms. The number of fused-ring (bicyclic) bond motifs is 1. The molecule has 2 aliphatic heterocycles. The van der Waals surface area contributed by atoms with E-state index in [-0.39, 0.29) is 41.9 Å². The van der Waals surface area contributed by atoms with Gasteiger partial charge in [0.05, 0.1) is 17.0 Å². The summed E-state index contributed by atoms with van der Waals surface area (Å²) in [5.74, 6) is 0.591. The quantitative estimate of drug-likeness (QED) is 0.510. The Bertz CT molecular complexity index is 1230. The van der Waals surface area contributed by atoms with E-state index in [1.165, 1.54) is 13.0 Å². The van der Waals surface area contributed by atoms with Crippen LogP contribution in [0.3, 0.4) is 0 Å². The molecule has 0 aromatic carbocycles. The van der Waals surface area contributed by atoms with Crippen molar-refractivity contribution in [2.24, 2.45) is 5.92 Å². The van der Waals surface area contributed by atoms with Crippen molar-refractivity contribution in [3.05, 3.63) is 34.1 Å². The maximum Gasteiger partial charge on any atom is 0.418 e. The van der Waals surface area contributed by atoms with Crippen molar-refractivity contribution in [2.45, 2.75) is 70.4 Å². The molecule has 2 unspecified atom stereocenters. The van der Waals surface area contributed by atoms with Crippen molar-refractivity contribution in [3.8, 4) is 6.01 Å². The summed E-state index contributed by atoms with van der Waals surface area (Å²) < 4.78 is 62.9. The number of alkyl halides is 4. The summed E-state index contributed by atoms with van der Waals surface area (Å²) in [4.78, 5) is 18.2. The Hall–Kier alpha value is -2.73. The molecular weight excluding hydrogens is 526 g/mol. The van der Waals surface area contributed by atoms with E-state index in [1.807, 2.05) is 18.9 Å². The number of rotatable bonds is 6. The maximum atomic E-state index is 14.3. The number of aromatic nitrogens is 3. The molecule has 2 N–H and O–H groups in total. The van der Waals surface area contributed by atoms with Gasteiger partial charge in [0.1, 0.15) is 24.4 Å². The molecule has 0 spiro atoms. The van der Waals surface area contributed by atoms with E-state index in [0.717, 1.165) is 31.0 Å². The molecule has 0 radical (unpaired) electrons. The molecule has 2 fully saturated rings. The summed E-state index contributed by atoms with van der Waals surface area (Å²) in [5.41, 5.74) is 1.18. The van der Waals surface area contributed by atoms with Gasteiger partial charge in [0, 0.05) is 56.8 Å². The first kappa shape index (κ1) is 28.8. The fraction of sp³-hybridized carbons (Fsp3) is 0.679. The molecule has 8 nitrogen and oxygen atoms in total. The lowest BCUT2D eigenvalue weighted by Gasteiger charge is -2.39. The Kier molecular flexibility index (Phi) is 8.11. The summed E-state index contributed by atoms with van der Waals surface area (Å²) in [6, 6.07) is 1.71. The molecule has 220 valence electrons. The van der Waals surface area contributed by atoms with Gasteiger partial charge in [0.15, 0.2) is 0 Å². The van der Waals surface area contributed by atoms with Gasteiger partial charge in [-0.3, -0.25) is 4.90 Å². The van der Waals surface area contributed by atoms with E-state index in [4.69, 9.17) is 14.7 Å². The van der Waals surface area contributed by atoms with Crippen molar-refractivity contribution in [1.82, 2.24) is 25.2 Å². The first-order valence-corrected chi connectivity index (χ1v) is 14.1. The van der Waals surface area contributed by atoms with Crippen LogP contribution in [0.2, 0.25) is 0 Å². The molecule has 2 aromatic heterocycles. The minimum Gasteiger partial charge on any atom is -0.462 e. The first-order valence-electron chi connectivity index (χ1n) is 14.1. The topological polar surface area (TPSA) is 78.4 Å². The lowest BCUT2D eigenvalue weighted by Crippen LogP contribution is -2.50. The molecule has 5 atom stereocenters. The molecule has 0 amide bonds. The number of nitrogens with one attached hydrogen (secondary N) is 2. The zero-order valence-corrected chi connectivity index (χ0v) is 23.8. The normalized spacial score (nSPS) is 27.5. The number of likely N-dealkylation sites (N-methyl/N-ethyl adjacent to an activating group) is 1. The minimum atomic E-state index is -4.53. The van der Waals surface area contributed by atoms with E-state index >= 15 is 0 Å². The van der Waals surface area contributed by atoms with Gasteiger partial charge in [-0.25, -0.2) is 9.37 Å². The zero-order chi connectivity index (χ0) is 28.8. The molecule has 1 aliphatic carbocycles. The molecule has 5 rings (SSSR count). The van der Waals surface area contributed by atoms with Crippen LogP contribution in [-0.4, -0.2) is 85.0 Å². The van der Waals surface area contributed by atoms with Crippen LogP contribution in [-0.2, 0) is 19.0 Å². The number of ether oxygens (including phenoxy) is 1. The number of pyridine rings is 1. The third-order valence-electron chi connectivity index (χ3n) is 8.63. The second-order valence-corrected chi connectivity index (χ2v) is 11.6. The third kappa shape index (κ3) is 5.70. The molecule has 2 saturated heterocycles. The van der Waals surface area contributed by atoms with Crippen molar-refractivity contribution in [2.75, 3.05) is 57.1 Å². The van der Waals surface area contributed by atoms with Crippen LogP contribution < -0.4 is 20.3 Å². The van der Waals surface area contributed by atoms with Gasteiger partial charge in [0.25, 0.3) is 0 Å². The lowest BCUT2D eigenvalue weighted by molar-refractivity contribution is -0.139. The van der Waals surface area contributed by atoms with E-state index in [1.54, 1.807) is 7.05 Å². The highest BCUT2D eigenvalue weighted by atomic mass is 19.4. The summed E-state index contributed by atoms with van der Waals surface area (Å²) >= 11 is 0. The van der Waals surface area contributed by atoms with Crippen LogP contribution in [0.5, 0.6) is 6.01 Å². The van der Waals surface area contributed by atoms with Crippen molar-refractivity contribution < 1.29 is 22.3 Å². The van der Waals surface area contributed by atoms with Gasteiger partial charge >= 0.3 is 12.2 Å². The standard InChI is InChI=1S/C28H39F4N7O/c1-15-8-21-22(11-20(15)25-24(28(30,31)32)16(2)9-23(33-4)36-25)35-27(40-14-19-10-18(29)13-38(19)5)37-26(21)39-7-6-34-12-17(39)3/h9,15,17-20,34H,6-8,10-14H2,1-5H3,(H,33,36)/t15?,17-,18+,19-,20?/m0/s1. The largest absolute Gasteiger partial charge is 0.462 e. The van der Waals surface area contributed by atoms with E-state index in [9.17, 15) is 17.6 Å². The monoisotopic (exact) mass is 565 g/mol. The predicted molar refractivity (Wildman–Crippen MR) is 146 cm³/mol. The molecule has 4 heterocycles. The van der Waals surface area contributed by atoms with Gasteiger partial charge in [-0.2, -0.15) is 23.1 Å². The number of hydrogen-bond acceptors (Lipinski definition) is 8. The van der Waals surface area contributed by atoms with Crippen LogP contribution in [0.4, 0.5) is 29.2 Å². The Balaban J connectivity index is 1.54. The summed E-state index contributed by atoms with van der Waals surface area (Å²) in [6.45, 7) is 8.55. The van der Waals surface area contributed by atoms with E-state index in [2.05, 4.69) is 27.4 Å². The molecule has 2 aromatic rings. The van der Waals surface area contributed by atoms with Crippen LogP contribution >= 0.6 is 0 Å². The highest BCUT2D eigenvalue weighted by molar-refractivity contribution is 5.54. The third-order valence-corrected chi connectivity index (χ3v) is 8.63.